The van der Waals surface area contributed by atoms with Gasteiger partial charge in [-0.3, -0.25) is 4.79 Å². The second kappa shape index (κ2) is 9.83. The molecule has 2 heterocycles. The molecule has 4 rings (SSSR count). The lowest BCUT2D eigenvalue weighted by Crippen LogP contribution is -2.28. The van der Waals surface area contributed by atoms with E-state index in [0.717, 1.165) is 18.2 Å². The Morgan fingerprint density at radius 2 is 2.03 bits per heavy atom. The molecule has 2 aromatic carbocycles. The molecule has 170 valence electrons. The fraction of sp³-hybridized carbons (Fsp3) is 0.130. The van der Waals surface area contributed by atoms with Crippen LogP contribution in [0.15, 0.2) is 61.1 Å². The molecule has 0 aliphatic rings. The van der Waals surface area contributed by atoms with Gasteiger partial charge in [-0.05, 0) is 42.5 Å². The first-order valence-electron chi connectivity index (χ1n) is 10.1. The molecule has 0 unspecified atom stereocenters. The van der Waals surface area contributed by atoms with Gasteiger partial charge in [-0.1, -0.05) is 6.07 Å². The molecule has 0 radical (unpaired) electrons. The Bertz CT molecular complexity index is 1370. The number of benzene rings is 2. The number of nitrogens with zero attached hydrogens (tertiary/aromatic N) is 6. The van der Waals surface area contributed by atoms with Crippen LogP contribution in [0.5, 0.6) is 0 Å². The molecule has 2 aromatic heterocycles. The molecule has 9 nitrogen and oxygen atoms in total. The average Bonchev–Trinajstić information content (AvgIpc) is 3.23. The highest BCUT2D eigenvalue weighted by atomic mass is 19.1. The van der Waals surface area contributed by atoms with Crippen molar-refractivity contribution in [2.45, 2.75) is 12.6 Å². The van der Waals surface area contributed by atoms with Crippen molar-refractivity contribution in [1.29, 1.82) is 5.26 Å². The minimum Gasteiger partial charge on any atom is -0.378 e. The molecule has 11 heteroatoms. The maximum Gasteiger partial charge on any atom is 0.252 e. The Balaban J connectivity index is 1.45. The van der Waals surface area contributed by atoms with Gasteiger partial charge < -0.3 is 15.2 Å². The van der Waals surface area contributed by atoms with Crippen molar-refractivity contribution in [2.24, 2.45) is 7.05 Å². The van der Waals surface area contributed by atoms with Gasteiger partial charge in [-0.25, -0.2) is 18.7 Å². The molecule has 34 heavy (non-hydrogen) atoms. The smallest absolute Gasteiger partial charge is 0.252 e. The van der Waals surface area contributed by atoms with Crippen LogP contribution in [-0.2, 0) is 13.6 Å². The van der Waals surface area contributed by atoms with Crippen LogP contribution < -0.4 is 10.6 Å². The van der Waals surface area contributed by atoms with E-state index in [1.54, 1.807) is 47.2 Å². The lowest BCUT2D eigenvalue weighted by Gasteiger charge is -2.14. The van der Waals surface area contributed by atoms with Gasteiger partial charge in [-0.2, -0.15) is 5.26 Å². The highest BCUT2D eigenvalue weighted by Crippen LogP contribution is 2.20. The molecule has 0 saturated heterocycles. The Kier molecular flexibility index (Phi) is 6.49. The van der Waals surface area contributed by atoms with Crippen molar-refractivity contribution in [3.63, 3.8) is 0 Å². The van der Waals surface area contributed by atoms with Crippen molar-refractivity contribution in [2.75, 3.05) is 5.32 Å². The van der Waals surface area contributed by atoms with Gasteiger partial charge in [0, 0.05) is 30.1 Å². The largest absolute Gasteiger partial charge is 0.378 e. The van der Waals surface area contributed by atoms with Crippen LogP contribution in [0.4, 0.5) is 14.5 Å². The first-order chi connectivity index (χ1) is 16.5. The number of hydrogen-bond donors (Lipinski definition) is 2. The number of anilines is 1. The fourth-order valence-electron chi connectivity index (χ4n) is 3.24. The number of amides is 1. The monoisotopic (exact) mass is 460 g/mol. The van der Waals surface area contributed by atoms with Gasteiger partial charge in [-0.15, -0.1) is 10.2 Å². The molecule has 0 aliphatic heterocycles. The summed E-state index contributed by atoms with van der Waals surface area (Å²) in [5.41, 5.74) is 1.25. The number of nitriles is 1. The van der Waals surface area contributed by atoms with Crippen molar-refractivity contribution in [3.8, 4) is 17.6 Å². The predicted molar refractivity (Wildman–Crippen MR) is 118 cm³/mol. The van der Waals surface area contributed by atoms with Crippen molar-refractivity contribution >= 4 is 11.6 Å². The zero-order valence-corrected chi connectivity index (χ0v) is 17.9. The number of carbonyl (C=O) groups is 1. The van der Waals surface area contributed by atoms with Gasteiger partial charge in [0.2, 0.25) is 0 Å². The normalized spacial score (nSPS) is 11.5. The quantitative estimate of drug-likeness (QED) is 0.434. The van der Waals surface area contributed by atoms with E-state index in [4.69, 9.17) is 0 Å². The summed E-state index contributed by atoms with van der Waals surface area (Å²) in [6, 6.07) is 11.4. The summed E-state index contributed by atoms with van der Waals surface area (Å²) in [7, 11) is 1.81. The molecule has 0 bridgehead atoms. The molecule has 0 aliphatic carbocycles. The van der Waals surface area contributed by atoms with E-state index < -0.39 is 23.6 Å². The number of nitrogens with one attached hydrogen (secondary N) is 2. The first kappa shape index (κ1) is 22.5. The minimum absolute atomic E-state index is 0.238. The van der Waals surface area contributed by atoms with Crippen LogP contribution in [0.2, 0.25) is 0 Å². The highest BCUT2D eigenvalue weighted by molar-refractivity contribution is 5.95. The number of hydrogen-bond acceptors (Lipinski definition) is 7. The van der Waals surface area contributed by atoms with Gasteiger partial charge >= 0.3 is 0 Å². The van der Waals surface area contributed by atoms with E-state index >= 15 is 0 Å². The van der Waals surface area contributed by atoms with E-state index in [1.165, 1.54) is 6.33 Å². The maximum atomic E-state index is 14.0. The third kappa shape index (κ3) is 4.86. The van der Waals surface area contributed by atoms with Crippen LogP contribution in [0.25, 0.3) is 11.5 Å². The van der Waals surface area contributed by atoms with Gasteiger partial charge in [0.05, 0.1) is 12.6 Å². The minimum atomic E-state index is -1.35. The van der Waals surface area contributed by atoms with Crippen LogP contribution in [-0.4, -0.2) is 30.6 Å². The Labute approximate surface area is 193 Å². The predicted octanol–water partition coefficient (Wildman–Crippen LogP) is 3.16. The molecule has 1 atom stereocenters. The summed E-state index contributed by atoms with van der Waals surface area (Å²) in [4.78, 5) is 20.7. The summed E-state index contributed by atoms with van der Waals surface area (Å²) >= 11 is 0. The topological polar surface area (TPSA) is 121 Å². The molecule has 4 aromatic rings. The van der Waals surface area contributed by atoms with E-state index in [0.29, 0.717) is 29.6 Å². The third-order valence-corrected chi connectivity index (χ3v) is 5.03. The van der Waals surface area contributed by atoms with Crippen LogP contribution >= 0.6 is 0 Å². The standard InChI is InChI=1S/C23H18F2N8O/c1-33-21(31-32-22(33)19-7-8-27-13-29-19)12-28-16-4-2-3-14(9-16)23(34)30-20(11-26)17-10-15(24)5-6-18(17)25/h2-10,13,20,28H,12H2,1H3,(H,30,34)/t20-/m1/s1. The Hall–Kier alpha value is -4.72. The molecule has 2 N–H and O–H groups in total. The van der Waals surface area contributed by atoms with Crippen LogP contribution in [0, 0.1) is 23.0 Å². The molecular weight excluding hydrogens is 442 g/mol. The second-order valence-corrected chi connectivity index (χ2v) is 7.23. The second-order valence-electron chi connectivity index (χ2n) is 7.23. The van der Waals surface area contributed by atoms with E-state index in [9.17, 15) is 18.8 Å². The average molecular weight is 460 g/mol. The number of halogens is 2. The summed E-state index contributed by atoms with van der Waals surface area (Å²) in [5.74, 6) is -0.880. The first-order valence-corrected chi connectivity index (χ1v) is 10.1. The Morgan fingerprint density at radius 3 is 2.79 bits per heavy atom. The lowest BCUT2D eigenvalue weighted by molar-refractivity contribution is 0.0944. The number of rotatable bonds is 7. The fourth-order valence-corrected chi connectivity index (χ4v) is 3.24. The summed E-state index contributed by atoms with van der Waals surface area (Å²) < 4.78 is 29.3. The molecule has 0 saturated carbocycles. The zero-order valence-electron chi connectivity index (χ0n) is 17.9. The third-order valence-electron chi connectivity index (χ3n) is 5.03. The number of carbonyl (C=O) groups excluding carboxylic acids is 1. The van der Waals surface area contributed by atoms with Crippen LogP contribution in [0.1, 0.15) is 27.8 Å². The van der Waals surface area contributed by atoms with Crippen molar-refractivity contribution < 1.29 is 13.6 Å². The summed E-state index contributed by atoms with van der Waals surface area (Å²) in [6.07, 6.45) is 3.04. The molecular formula is C23H18F2N8O. The summed E-state index contributed by atoms with van der Waals surface area (Å²) in [5, 5.41) is 23.3. The number of aromatic nitrogens is 5. The lowest BCUT2D eigenvalue weighted by atomic mass is 10.1. The van der Waals surface area contributed by atoms with Gasteiger partial charge in [0.1, 0.15) is 29.7 Å². The zero-order chi connectivity index (χ0) is 24.1. The molecule has 0 spiro atoms. The van der Waals surface area contributed by atoms with Gasteiger partial charge in [0.15, 0.2) is 11.6 Å². The molecule has 1 amide bonds. The van der Waals surface area contributed by atoms with Crippen molar-refractivity contribution in [1.82, 2.24) is 30.0 Å². The van der Waals surface area contributed by atoms with E-state index in [-0.39, 0.29) is 11.1 Å². The van der Waals surface area contributed by atoms with Gasteiger partial charge in [0.25, 0.3) is 5.91 Å². The van der Waals surface area contributed by atoms with E-state index in [2.05, 4.69) is 30.8 Å². The van der Waals surface area contributed by atoms with E-state index in [1.807, 2.05) is 7.05 Å². The Morgan fingerprint density at radius 1 is 1.18 bits per heavy atom. The maximum absolute atomic E-state index is 14.0. The van der Waals surface area contributed by atoms with Crippen molar-refractivity contribution in [3.05, 3.63) is 89.6 Å². The molecule has 0 fully saturated rings. The SMILES string of the molecule is Cn1c(CNc2cccc(C(=O)N[C@H](C#N)c3cc(F)ccc3F)c2)nnc1-c1ccncn1. The summed E-state index contributed by atoms with van der Waals surface area (Å²) in [6.45, 7) is 0.314. The highest BCUT2D eigenvalue weighted by Gasteiger charge is 2.20. The van der Waals surface area contributed by atoms with Crippen LogP contribution in [0.3, 0.4) is 0 Å².